The Balaban J connectivity index is 1.89. The number of aromatic nitrogens is 3. The van der Waals surface area contributed by atoms with E-state index < -0.39 is 0 Å². The van der Waals surface area contributed by atoms with Gasteiger partial charge >= 0.3 is 0 Å². The van der Waals surface area contributed by atoms with E-state index in [0.717, 1.165) is 22.9 Å². The highest BCUT2D eigenvalue weighted by atomic mass is 15.3. The van der Waals surface area contributed by atoms with Crippen molar-refractivity contribution in [3.63, 3.8) is 0 Å². The zero-order valence-electron chi connectivity index (χ0n) is 15.0. The number of nitrogens with zero attached hydrogens (tertiary/aromatic N) is 3. The van der Waals surface area contributed by atoms with E-state index in [9.17, 15) is 0 Å². The van der Waals surface area contributed by atoms with Gasteiger partial charge in [-0.3, -0.25) is 4.57 Å². The first-order valence-corrected chi connectivity index (χ1v) is 8.90. The summed E-state index contributed by atoms with van der Waals surface area (Å²) in [4.78, 5) is 0. The summed E-state index contributed by atoms with van der Waals surface area (Å²) in [5, 5.41) is 8.98. The average Bonchev–Trinajstić information content (AvgIpc) is 3.15. The lowest BCUT2D eigenvalue weighted by Crippen LogP contribution is -2.05. The zero-order valence-corrected chi connectivity index (χ0v) is 15.0. The van der Waals surface area contributed by atoms with Crippen LogP contribution in [-0.2, 0) is 0 Å². The van der Waals surface area contributed by atoms with Gasteiger partial charge in [-0.15, -0.1) is 10.2 Å². The van der Waals surface area contributed by atoms with Crippen LogP contribution in [0.2, 0.25) is 0 Å². The maximum absolute atomic E-state index is 4.50. The predicted octanol–water partition coefficient (Wildman–Crippen LogP) is 5.72. The van der Waals surface area contributed by atoms with E-state index in [-0.39, 0.29) is 5.92 Å². The van der Waals surface area contributed by atoms with Crippen molar-refractivity contribution in [2.75, 3.05) is 0 Å². The summed E-state index contributed by atoms with van der Waals surface area (Å²) in [7, 11) is 0. The van der Waals surface area contributed by atoms with Crippen molar-refractivity contribution in [1.29, 1.82) is 0 Å². The van der Waals surface area contributed by atoms with E-state index in [1.54, 1.807) is 0 Å². The highest BCUT2D eigenvalue weighted by Gasteiger charge is 2.18. The van der Waals surface area contributed by atoms with Crippen LogP contribution in [0.15, 0.2) is 84.9 Å². The van der Waals surface area contributed by atoms with Crippen molar-refractivity contribution in [3.05, 3.63) is 90.8 Å². The summed E-state index contributed by atoms with van der Waals surface area (Å²) in [6, 6.07) is 29.2. The first-order chi connectivity index (χ1) is 12.7. The minimum atomic E-state index is 0.278. The van der Waals surface area contributed by atoms with Gasteiger partial charge in [-0.2, -0.15) is 0 Å². The molecule has 1 heterocycles. The molecule has 4 aromatic rings. The monoisotopic (exact) mass is 339 g/mol. The molecule has 128 valence electrons. The Bertz CT molecular complexity index is 1000. The van der Waals surface area contributed by atoms with Crippen LogP contribution in [-0.4, -0.2) is 14.8 Å². The Hall–Kier alpha value is -3.20. The average molecular weight is 339 g/mol. The largest absolute Gasteiger partial charge is 0.279 e. The summed E-state index contributed by atoms with van der Waals surface area (Å²) in [6.07, 6.45) is 0. The lowest BCUT2D eigenvalue weighted by atomic mass is 10.0. The van der Waals surface area contributed by atoms with Crippen molar-refractivity contribution in [2.24, 2.45) is 0 Å². The summed E-state index contributed by atoms with van der Waals surface area (Å²) < 4.78 is 2.17. The van der Waals surface area contributed by atoms with Gasteiger partial charge in [-0.05, 0) is 23.3 Å². The SMILES string of the molecule is CC(C)c1nnc(-c2ccccc2)n1-c1cccc(-c2ccccc2)c1. The molecule has 4 rings (SSSR count). The Labute approximate surface area is 154 Å². The fourth-order valence-electron chi connectivity index (χ4n) is 3.15. The van der Waals surface area contributed by atoms with E-state index in [0.29, 0.717) is 0 Å². The van der Waals surface area contributed by atoms with Crippen LogP contribution < -0.4 is 0 Å². The minimum absolute atomic E-state index is 0.278. The minimum Gasteiger partial charge on any atom is -0.279 e. The summed E-state index contributed by atoms with van der Waals surface area (Å²) in [5.74, 6) is 2.12. The molecule has 3 aromatic carbocycles. The first-order valence-electron chi connectivity index (χ1n) is 8.90. The van der Waals surface area contributed by atoms with Crippen molar-refractivity contribution in [1.82, 2.24) is 14.8 Å². The van der Waals surface area contributed by atoms with Gasteiger partial charge in [0, 0.05) is 17.2 Å². The molecule has 0 bridgehead atoms. The van der Waals surface area contributed by atoms with Gasteiger partial charge in [-0.25, -0.2) is 0 Å². The predicted molar refractivity (Wildman–Crippen MR) is 106 cm³/mol. The fourth-order valence-corrected chi connectivity index (χ4v) is 3.15. The molecule has 0 saturated carbocycles. The standard InChI is InChI=1S/C23H21N3/c1-17(2)22-24-25-23(19-12-7-4-8-13-19)26(22)21-15-9-14-20(16-21)18-10-5-3-6-11-18/h3-17H,1-2H3. The second-order valence-corrected chi connectivity index (χ2v) is 6.65. The molecule has 0 aliphatic rings. The van der Waals surface area contributed by atoms with Crippen molar-refractivity contribution >= 4 is 0 Å². The third-order valence-corrected chi connectivity index (χ3v) is 4.45. The molecule has 0 aliphatic heterocycles. The molecule has 1 aromatic heterocycles. The Morgan fingerprint density at radius 1 is 0.654 bits per heavy atom. The molecule has 0 atom stereocenters. The van der Waals surface area contributed by atoms with Crippen LogP contribution in [0.5, 0.6) is 0 Å². The normalized spacial score (nSPS) is 11.0. The number of benzene rings is 3. The topological polar surface area (TPSA) is 30.7 Å². The van der Waals surface area contributed by atoms with Crippen LogP contribution in [0, 0.1) is 0 Å². The molecule has 0 unspecified atom stereocenters. The molecule has 0 fully saturated rings. The Morgan fingerprint density at radius 2 is 1.27 bits per heavy atom. The van der Waals surface area contributed by atoms with Crippen LogP contribution in [0.3, 0.4) is 0 Å². The maximum Gasteiger partial charge on any atom is 0.168 e. The van der Waals surface area contributed by atoms with E-state index in [1.165, 1.54) is 11.1 Å². The molecule has 0 N–H and O–H groups in total. The molecular weight excluding hydrogens is 318 g/mol. The van der Waals surface area contributed by atoms with Gasteiger partial charge in [0.2, 0.25) is 0 Å². The summed E-state index contributed by atoms with van der Waals surface area (Å²) >= 11 is 0. The van der Waals surface area contributed by atoms with Crippen molar-refractivity contribution < 1.29 is 0 Å². The number of rotatable bonds is 4. The van der Waals surface area contributed by atoms with Gasteiger partial charge in [-0.1, -0.05) is 86.6 Å². The second kappa shape index (κ2) is 6.96. The number of hydrogen-bond acceptors (Lipinski definition) is 2. The van der Waals surface area contributed by atoms with Crippen LogP contribution in [0.4, 0.5) is 0 Å². The lowest BCUT2D eigenvalue weighted by Gasteiger charge is -2.14. The fraction of sp³-hybridized carbons (Fsp3) is 0.130. The van der Waals surface area contributed by atoms with E-state index in [2.05, 4.69) is 89.3 Å². The summed E-state index contributed by atoms with van der Waals surface area (Å²) in [6.45, 7) is 4.30. The van der Waals surface area contributed by atoms with Crippen LogP contribution >= 0.6 is 0 Å². The molecular formula is C23H21N3. The quantitative estimate of drug-likeness (QED) is 0.476. The van der Waals surface area contributed by atoms with Gasteiger partial charge in [0.15, 0.2) is 5.82 Å². The maximum atomic E-state index is 4.50. The van der Waals surface area contributed by atoms with Crippen molar-refractivity contribution in [3.8, 4) is 28.2 Å². The third kappa shape index (κ3) is 3.04. The second-order valence-electron chi connectivity index (χ2n) is 6.65. The van der Waals surface area contributed by atoms with E-state index in [4.69, 9.17) is 0 Å². The van der Waals surface area contributed by atoms with Gasteiger partial charge < -0.3 is 0 Å². The summed E-state index contributed by atoms with van der Waals surface area (Å²) in [5.41, 5.74) is 4.54. The molecule has 0 aliphatic carbocycles. The van der Waals surface area contributed by atoms with Crippen LogP contribution in [0.1, 0.15) is 25.6 Å². The Morgan fingerprint density at radius 3 is 1.92 bits per heavy atom. The first kappa shape index (κ1) is 16.3. The highest BCUT2D eigenvalue weighted by molar-refractivity contribution is 5.67. The molecule has 3 heteroatoms. The molecule has 0 radical (unpaired) electrons. The molecule has 26 heavy (non-hydrogen) atoms. The number of hydrogen-bond donors (Lipinski definition) is 0. The zero-order chi connectivity index (χ0) is 17.9. The Kier molecular flexibility index (Phi) is 4.36. The van der Waals surface area contributed by atoms with E-state index in [1.807, 2.05) is 24.3 Å². The molecule has 0 spiro atoms. The third-order valence-electron chi connectivity index (χ3n) is 4.45. The molecule has 0 amide bonds. The van der Waals surface area contributed by atoms with Gasteiger partial charge in [0.25, 0.3) is 0 Å². The van der Waals surface area contributed by atoms with Crippen LogP contribution in [0.25, 0.3) is 28.2 Å². The van der Waals surface area contributed by atoms with Gasteiger partial charge in [0.05, 0.1) is 0 Å². The van der Waals surface area contributed by atoms with E-state index >= 15 is 0 Å². The van der Waals surface area contributed by atoms with Gasteiger partial charge in [0.1, 0.15) is 5.82 Å². The molecule has 0 saturated heterocycles. The highest BCUT2D eigenvalue weighted by Crippen LogP contribution is 2.28. The molecule has 3 nitrogen and oxygen atoms in total. The van der Waals surface area contributed by atoms with Crippen molar-refractivity contribution in [2.45, 2.75) is 19.8 Å². The lowest BCUT2D eigenvalue weighted by molar-refractivity contribution is 0.746. The smallest absolute Gasteiger partial charge is 0.168 e.